The molecule has 0 radical (unpaired) electrons. The Morgan fingerprint density at radius 2 is 1.86 bits per heavy atom. The summed E-state index contributed by atoms with van der Waals surface area (Å²) in [6, 6.07) is 10.7. The second-order valence-electron chi connectivity index (χ2n) is 5.85. The van der Waals surface area contributed by atoms with E-state index >= 15 is 0 Å². The number of aryl methyl sites for hydroxylation is 1. The molecule has 1 aromatic carbocycles. The molecule has 1 fully saturated rings. The van der Waals surface area contributed by atoms with E-state index in [0.29, 0.717) is 6.04 Å². The van der Waals surface area contributed by atoms with Crippen LogP contribution in [0.4, 0.5) is 5.82 Å². The smallest absolute Gasteiger partial charge is 0.161 e. The van der Waals surface area contributed by atoms with E-state index in [9.17, 15) is 0 Å². The van der Waals surface area contributed by atoms with Crippen molar-refractivity contribution in [1.29, 1.82) is 0 Å². The van der Waals surface area contributed by atoms with Gasteiger partial charge in [-0.2, -0.15) is 0 Å². The fourth-order valence-electron chi connectivity index (χ4n) is 3.01. The van der Waals surface area contributed by atoms with Gasteiger partial charge >= 0.3 is 0 Å². The topological polar surface area (TPSA) is 49.8 Å². The minimum absolute atomic E-state index is 0.504. The molecule has 0 aliphatic carbocycles. The average Bonchev–Trinajstić information content (AvgIpc) is 2.56. The molecule has 0 saturated carbocycles. The molecule has 0 amide bonds. The molecule has 2 heterocycles. The molecular formula is C18H24N4. The number of hydrogen-bond donors (Lipinski definition) is 2. The maximum absolute atomic E-state index is 4.83. The van der Waals surface area contributed by atoms with Crippen molar-refractivity contribution in [2.45, 2.75) is 39.2 Å². The third-order valence-electron chi connectivity index (χ3n) is 4.28. The zero-order valence-electron chi connectivity index (χ0n) is 13.4. The molecule has 3 rings (SSSR count). The van der Waals surface area contributed by atoms with Gasteiger partial charge in [-0.25, -0.2) is 9.97 Å². The van der Waals surface area contributed by atoms with E-state index < -0.39 is 0 Å². The van der Waals surface area contributed by atoms with Crippen LogP contribution in [0.1, 0.15) is 31.0 Å². The summed E-state index contributed by atoms with van der Waals surface area (Å²) in [7, 11) is 0. The summed E-state index contributed by atoms with van der Waals surface area (Å²) in [5.41, 5.74) is 3.38. The van der Waals surface area contributed by atoms with Crippen LogP contribution in [-0.2, 0) is 6.42 Å². The Kier molecular flexibility index (Phi) is 4.68. The van der Waals surface area contributed by atoms with Crippen LogP contribution >= 0.6 is 0 Å². The molecule has 0 unspecified atom stereocenters. The number of piperidine rings is 1. The first kappa shape index (κ1) is 15.0. The lowest BCUT2D eigenvalue weighted by Gasteiger charge is -2.25. The third-order valence-corrected chi connectivity index (χ3v) is 4.28. The SMILES string of the molecule is CCc1c(C)nc(-c2ccccc2)nc1NC1CCNCC1. The number of rotatable bonds is 4. The van der Waals surface area contributed by atoms with Crippen LogP contribution in [0.25, 0.3) is 11.4 Å². The summed E-state index contributed by atoms with van der Waals surface area (Å²) in [6.07, 6.45) is 3.24. The molecular weight excluding hydrogens is 272 g/mol. The Balaban J connectivity index is 1.94. The van der Waals surface area contributed by atoms with Crippen molar-refractivity contribution in [3.8, 4) is 11.4 Å². The lowest BCUT2D eigenvalue weighted by Crippen LogP contribution is -2.35. The van der Waals surface area contributed by atoms with Gasteiger partial charge in [0.25, 0.3) is 0 Å². The van der Waals surface area contributed by atoms with E-state index in [-0.39, 0.29) is 0 Å². The van der Waals surface area contributed by atoms with Crippen molar-refractivity contribution in [3.05, 3.63) is 41.6 Å². The highest BCUT2D eigenvalue weighted by molar-refractivity contribution is 5.60. The fraction of sp³-hybridized carbons (Fsp3) is 0.444. The highest BCUT2D eigenvalue weighted by Crippen LogP contribution is 2.24. The molecule has 1 aliphatic heterocycles. The zero-order chi connectivity index (χ0) is 15.4. The average molecular weight is 296 g/mol. The van der Waals surface area contributed by atoms with E-state index in [0.717, 1.165) is 55.3 Å². The van der Waals surface area contributed by atoms with Crippen LogP contribution in [0.15, 0.2) is 30.3 Å². The summed E-state index contributed by atoms with van der Waals surface area (Å²) >= 11 is 0. The van der Waals surface area contributed by atoms with Crippen molar-refractivity contribution >= 4 is 5.82 Å². The summed E-state index contributed by atoms with van der Waals surface area (Å²) in [5.74, 6) is 1.83. The first-order valence-corrected chi connectivity index (χ1v) is 8.18. The normalized spacial score (nSPS) is 15.7. The first-order chi connectivity index (χ1) is 10.8. The largest absolute Gasteiger partial charge is 0.367 e. The molecule has 4 nitrogen and oxygen atoms in total. The van der Waals surface area contributed by atoms with Gasteiger partial charge < -0.3 is 10.6 Å². The minimum Gasteiger partial charge on any atom is -0.367 e. The molecule has 2 aromatic rings. The third kappa shape index (κ3) is 3.28. The Labute approximate surface area is 132 Å². The molecule has 0 spiro atoms. The van der Waals surface area contributed by atoms with E-state index in [1.165, 1.54) is 5.56 Å². The predicted molar refractivity (Wildman–Crippen MR) is 91.1 cm³/mol. The molecule has 4 heteroatoms. The number of nitrogens with one attached hydrogen (secondary N) is 2. The van der Waals surface area contributed by atoms with E-state index in [1.54, 1.807) is 0 Å². The maximum Gasteiger partial charge on any atom is 0.161 e. The van der Waals surface area contributed by atoms with Crippen LogP contribution in [0, 0.1) is 6.92 Å². The van der Waals surface area contributed by atoms with Gasteiger partial charge in [-0.05, 0) is 39.3 Å². The molecule has 116 valence electrons. The lowest BCUT2D eigenvalue weighted by atomic mass is 10.1. The predicted octanol–water partition coefficient (Wildman–Crippen LogP) is 3.18. The monoisotopic (exact) mass is 296 g/mol. The number of aromatic nitrogens is 2. The number of anilines is 1. The highest BCUT2D eigenvalue weighted by Gasteiger charge is 2.17. The van der Waals surface area contributed by atoms with E-state index in [2.05, 4.69) is 36.6 Å². The van der Waals surface area contributed by atoms with Crippen LogP contribution in [0.3, 0.4) is 0 Å². The second-order valence-corrected chi connectivity index (χ2v) is 5.85. The van der Waals surface area contributed by atoms with Crippen LogP contribution in [0.2, 0.25) is 0 Å². The fourth-order valence-corrected chi connectivity index (χ4v) is 3.01. The number of nitrogens with zero attached hydrogens (tertiary/aromatic N) is 2. The summed E-state index contributed by atoms with van der Waals surface area (Å²) in [6.45, 7) is 6.41. The van der Waals surface area contributed by atoms with Gasteiger partial charge in [0, 0.05) is 22.9 Å². The second kappa shape index (κ2) is 6.88. The van der Waals surface area contributed by atoms with Gasteiger partial charge in [0.05, 0.1) is 0 Å². The van der Waals surface area contributed by atoms with Gasteiger partial charge in [0.2, 0.25) is 0 Å². The standard InChI is InChI=1S/C18H24N4/c1-3-16-13(2)20-17(14-7-5-4-6-8-14)22-18(16)21-15-9-11-19-12-10-15/h4-8,15,19H,3,9-12H2,1-2H3,(H,20,21,22). The van der Waals surface area contributed by atoms with Gasteiger partial charge in [0.1, 0.15) is 5.82 Å². The highest BCUT2D eigenvalue weighted by atomic mass is 15.1. The number of hydrogen-bond acceptors (Lipinski definition) is 4. The van der Waals surface area contributed by atoms with E-state index in [4.69, 9.17) is 9.97 Å². The Morgan fingerprint density at radius 1 is 1.14 bits per heavy atom. The molecule has 1 aromatic heterocycles. The van der Waals surface area contributed by atoms with Gasteiger partial charge in [-0.3, -0.25) is 0 Å². The molecule has 1 aliphatic rings. The van der Waals surface area contributed by atoms with Crippen LogP contribution < -0.4 is 10.6 Å². The van der Waals surface area contributed by atoms with Crippen LogP contribution in [0.5, 0.6) is 0 Å². The van der Waals surface area contributed by atoms with Crippen molar-refractivity contribution in [2.24, 2.45) is 0 Å². The zero-order valence-corrected chi connectivity index (χ0v) is 13.4. The maximum atomic E-state index is 4.83. The molecule has 1 saturated heterocycles. The van der Waals surface area contributed by atoms with Crippen LogP contribution in [-0.4, -0.2) is 29.1 Å². The van der Waals surface area contributed by atoms with Crippen molar-refractivity contribution in [3.63, 3.8) is 0 Å². The van der Waals surface area contributed by atoms with Crippen molar-refractivity contribution < 1.29 is 0 Å². The van der Waals surface area contributed by atoms with Crippen molar-refractivity contribution in [2.75, 3.05) is 18.4 Å². The minimum atomic E-state index is 0.504. The van der Waals surface area contributed by atoms with Crippen molar-refractivity contribution in [1.82, 2.24) is 15.3 Å². The Morgan fingerprint density at radius 3 is 2.55 bits per heavy atom. The number of benzene rings is 1. The quantitative estimate of drug-likeness (QED) is 0.910. The van der Waals surface area contributed by atoms with Gasteiger partial charge in [0.15, 0.2) is 5.82 Å². The van der Waals surface area contributed by atoms with Gasteiger partial charge in [-0.1, -0.05) is 37.3 Å². The summed E-state index contributed by atoms with van der Waals surface area (Å²) in [4.78, 5) is 9.53. The van der Waals surface area contributed by atoms with Gasteiger partial charge in [-0.15, -0.1) is 0 Å². The first-order valence-electron chi connectivity index (χ1n) is 8.18. The van der Waals surface area contributed by atoms with E-state index in [1.807, 2.05) is 18.2 Å². The molecule has 0 atom stereocenters. The Bertz CT molecular complexity index is 618. The molecule has 22 heavy (non-hydrogen) atoms. The summed E-state index contributed by atoms with van der Waals surface area (Å²) in [5, 5.41) is 7.07. The Hall–Kier alpha value is -1.94. The summed E-state index contributed by atoms with van der Waals surface area (Å²) < 4.78 is 0. The lowest BCUT2D eigenvalue weighted by molar-refractivity contribution is 0.478. The molecule has 0 bridgehead atoms. The molecule has 2 N–H and O–H groups in total.